The number of aryl methyl sites for hydroxylation is 1. The van der Waals surface area contributed by atoms with Gasteiger partial charge < -0.3 is 15.4 Å². The molecule has 1 aliphatic rings. The fourth-order valence-corrected chi connectivity index (χ4v) is 4.12. The molecule has 30 heavy (non-hydrogen) atoms. The van der Waals surface area contributed by atoms with E-state index in [0.29, 0.717) is 27.1 Å². The highest BCUT2D eigenvalue weighted by Crippen LogP contribution is 2.36. The van der Waals surface area contributed by atoms with E-state index in [1.807, 2.05) is 25.1 Å². The van der Waals surface area contributed by atoms with E-state index in [4.69, 9.17) is 16.3 Å². The van der Waals surface area contributed by atoms with Crippen LogP contribution >= 0.6 is 23.4 Å². The number of benzene rings is 2. The number of anilines is 1. The lowest BCUT2D eigenvalue weighted by atomic mass is 9.87. The number of hydrogen-bond donors (Lipinski definition) is 2. The second kappa shape index (κ2) is 9.70. The zero-order valence-corrected chi connectivity index (χ0v) is 18.1. The van der Waals surface area contributed by atoms with Gasteiger partial charge in [0.05, 0.1) is 29.5 Å². The highest BCUT2D eigenvalue weighted by molar-refractivity contribution is 8.03. The SMILES string of the molecule is COc1ccc([C@@H]2CC(=O)NC(SCC(=O)Nc3ccc(C)c(Cl)c3)=C2C#N)cc1. The molecule has 0 aromatic heterocycles. The number of nitrogens with zero attached hydrogens (tertiary/aromatic N) is 1. The summed E-state index contributed by atoms with van der Waals surface area (Å²) in [4.78, 5) is 24.6. The van der Waals surface area contributed by atoms with Gasteiger partial charge in [-0.25, -0.2) is 0 Å². The largest absolute Gasteiger partial charge is 0.497 e. The maximum atomic E-state index is 12.3. The first-order valence-electron chi connectivity index (χ1n) is 9.18. The van der Waals surface area contributed by atoms with Crippen LogP contribution in [-0.4, -0.2) is 24.7 Å². The lowest BCUT2D eigenvalue weighted by Gasteiger charge is -2.25. The molecule has 0 fully saturated rings. The molecule has 1 atom stereocenters. The number of amides is 2. The zero-order chi connectivity index (χ0) is 21.7. The molecule has 2 amide bonds. The number of nitrogens with one attached hydrogen (secondary N) is 2. The highest BCUT2D eigenvalue weighted by atomic mass is 35.5. The Bertz CT molecular complexity index is 1040. The van der Waals surface area contributed by atoms with Crippen molar-refractivity contribution in [1.29, 1.82) is 5.26 Å². The van der Waals surface area contributed by atoms with Crippen molar-refractivity contribution < 1.29 is 14.3 Å². The summed E-state index contributed by atoms with van der Waals surface area (Å²) in [6, 6.07) is 14.8. The minimum Gasteiger partial charge on any atom is -0.497 e. The Hall–Kier alpha value is -2.95. The summed E-state index contributed by atoms with van der Waals surface area (Å²) in [5, 5.41) is 16.2. The predicted molar refractivity (Wildman–Crippen MR) is 118 cm³/mol. The van der Waals surface area contributed by atoms with Crippen LogP contribution in [0.25, 0.3) is 0 Å². The monoisotopic (exact) mass is 441 g/mol. The van der Waals surface area contributed by atoms with Gasteiger partial charge in [0, 0.05) is 23.0 Å². The average molecular weight is 442 g/mol. The normalized spacial score (nSPS) is 15.9. The van der Waals surface area contributed by atoms with E-state index in [1.165, 1.54) is 0 Å². The standard InChI is InChI=1S/C22H20ClN3O3S/c1-13-3-6-15(9-19(13)23)25-21(28)12-30-22-18(11-24)17(10-20(27)26-22)14-4-7-16(29-2)8-5-14/h3-9,17H,10,12H2,1-2H3,(H,25,28)(H,26,27)/t17-/m0/s1. The first-order valence-corrected chi connectivity index (χ1v) is 10.5. The third kappa shape index (κ3) is 5.15. The molecule has 1 heterocycles. The average Bonchev–Trinajstić information content (AvgIpc) is 2.74. The van der Waals surface area contributed by atoms with Gasteiger partial charge in [0.15, 0.2) is 0 Å². The quantitative estimate of drug-likeness (QED) is 0.694. The van der Waals surface area contributed by atoms with Gasteiger partial charge in [-0.2, -0.15) is 5.26 Å². The second-order valence-electron chi connectivity index (χ2n) is 6.73. The van der Waals surface area contributed by atoms with Gasteiger partial charge in [0.25, 0.3) is 0 Å². The Kier molecular flexibility index (Phi) is 7.03. The van der Waals surface area contributed by atoms with E-state index in [9.17, 15) is 14.9 Å². The van der Waals surface area contributed by atoms with E-state index in [2.05, 4.69) is 16.7 Å². The van der Waals surface area contributed by atoms with Crippen molar-refractivity contribution in [3.63, 3.8) is 0 Å². The molecule has 1 aliphatic heterocycles. The number of thioether (sulfide) groups is 1. The number of allylic oxidation sites excluding steroid dienone is 1. The van der Waals surface area contributed by atoms with Crippen LogP contribution < -0.4 is 15.4 Å². The van der Waals surface area contributed by atoms with Crippen LogP contribution in [-0.2, 0) is 9.59 Å². The number of rotatable bonds is 6. The Balaban J connectivity index is 1.74. The van der Waals surface area contributed by atoms with E-state index >= 15 is 0 Å². The Morgan fingerprint density at radius 3 is 2.70 bits per heavy atom. The fraction of sp³-hybridized carbons (Fsp3) is 0.227. The summed E-state index contributed by atoms with van der Waals surface area (Å²) in [6.45, 7) is 1.88. The Labute approximate surface area is 184 Å². The Morgan fingerprint density at radius 2 is 2.07 bits per heavy atom. The zero-order valence-electron chi connectivity index (χ0n) is 16.5. The van der Waals surface area contributed by atoms with Crippen molar-refractivity contribution in [3.8, 4) is 11.8 Å². The maximum absolute atomic E-state index is 12.3. The van der Waals surface area contributed by atoms with Gasteiger partial charge >= 0.3 is 0 Å². The van der Waals surface area contributed by atoms with E-state index in [1.54, 1.807) is 31.4 Å². The van der Waals surface area contributed by atoms with Crippen LogP contribution in [0.1, 0.15) is 23.5 Å². The van der Waals surface area contributed by atoms with Gasteiger partial charge in [0.2, 0.25) is 11.8 Å². The van der Waals surface area contributed by atoms with Crippen molar-refractivity contribution in [2.45, 2.75) is 19.3 Å². The van der Waals surface area contributed by atoms with Crippen molar-refractivity contribution in [1.82, 2.24) is 5.32 Å². The van der Waals surface area contributed by atoms with E-state index in [0.717, 1.165) is 22.9 Å². The predicted octanol–water partition coefficient (Wildman–Crippen LogP) is 4.37. The maximum Gasteiger partial charge on any atom is 0.234 e. The lowest BCUT2D eigenvalue weighted by molar-refractivity contribution is -0.121. The third-order valence-corrected chi connectivity index (χ3v) is 6.10. The van der Waals surface area contributed by atoms with Gasteiger partial charge in [-0.15, -0.1) is 0 Å². The molecule has 154 valence electrons. The van der Waals surface area contributed by atoms with E-state index < -0.39 is 0 Å². The summed E-state index contributed by atoms with van der Waals surface area (Å²) in [5.74, 6) is -0.0737. The molecule has 0 radical (unpaired) electrons. The van der Waals surface area contributed by atoms with Crippen molar-refractivity contribution in [2.24, 2.45) is 0 Å². The summed E-state index contributed by atoms with van der Waals surface area (Å²) in [7, 11) is 1.58. The van der Waals surface area contributed by atoms with Crippen LogP contribution in [0.3, 0.4) is 0 Å². The number of halogens is 1. The fourth-order valence-electron chi connectivity index (χ4n) is 3.06. The molecule has 2 aromatic carbocycles. The topological polar surface area (TPSA) is 91.2 Å². The molecule has 2 aromatic rings. The number of methoxy groups -OCH3 is 1. The van der Waals surface area contributed by atoms with Crippen LogP contribution in [0.5, 0.6) is 5.75 Å². The molecule has 0 bridgehead atoms. The van der Waals surface area contributed by atoms with Gasteiger partial charge in [-0.3, -0.25) is 9.59 Å². The van der Waals surface area contributed by atoms with Gasteiger partial charge in [0.1, 0.15) is 5.75 Å². The first-order chi connectivity index (χ1) is 14.4. The van der Waals surface area contributed by atoms with Crippen LogP contribution in [0, 0.1) is 18.3 Å². The smallest absolute Gasteiger partial charge is 0.234 e. The van der Waals surface area contributed by atoms with Gasteiger partial charge in [-0.05, 0) is 42.3 Å². The summed E-state index contributed by atoms with van der Waals surface area (Å²) >= 11 is 7.22. The van der Waals surface area contributed by atoms with Crippen LogP contribution in [0.2, 0.25) is 5.02 Å². The summed E-state index contributed by atoms with van der Waals surface area (Å²) in [5.41, 5.74) is 2.80. The molecule has 3 rings (SSSR count). The molecule has 0 saturated heterocycles. The number of nitriles is 1. The minimum absolute atomic E-state index is 0.0433. The van der Waals surface area contributed by atoms with Gasteiger partial charge in [-0.1, -0.05) is 41.6 Å². The molecular weight excluding hydrogens is 422 g/mol. The second-order valence-corrected chi connectivity index (χ2v) is 8.13. The molecule has 6 nitrogen and oxygen atoms in total. The number of hydrogen-bond acceptors (Lipinski definition) is 5. The number of carbonyl (C=O) groups excluding carboxylic acids is 2. The lowest BCUT2D eigenvalue weighted by Crippen LogP contribution is -2.31. The van der Waals surface area contributed by atoms with Crippen molar-refractivity contribution in [3.05, 3.63) is 69.2 Å². The molecule has 0 saturated carbocycles. The Morgan fingerprint density at radius 1 is 1.33 bits per heavy atom. The van der Waals surface area contributed by atoms with Crippen LogP contribution in [0.4, 0.5) is 5.69 Å². The molecule has 0 aliphatic carbocycles. The highest BCUT2D eigenvalue weighted by Gasteiger charge is 2.29. The molecule has 0 unspecified atom stereocenters. The summed E-state index contributed by atoms with van der Waals surface area (Å²) < 4.78 is 5.17. The number of carbonyl (C=O) groups is 2. The minimum atomic E-state index is -0.365. The molecule has 8 heteroatoms. The summed E-state index contributed by atoms with van der Waals surface area (Å²) in [6.07, 6.45) is 0.174. The number of ether oxygens (including phenoxy) is 1. The van der Waals surface area contributed by atoms with Crippen molar-refractivity contribution in [2.75, 3.05) is 18.2 Å². The molecule has 0 spiro atoms. The molecular formula is C22H20ClN3O3S. The molecule has 2 N–H and O–H groups in total. The van der Waals surface area contributed by atoms with Crippen LogP contribution in [0.15, 0.2) is 53.1 Å². The third-order valence-electron chi connectivity index (χ3n) is 4.68. The van der Waals surface area contributed by atoms with E-state index in [-0.39, 0.29) is 29.9 Å². The van der Waals surface area contributed by atoms with Crippen molar-refractivity contribution >= 4 is 40.9 Å². The first kappa shape index (κ1) is 21.8.